The molecule has 0 aliphatic carbocycles. The van der Waals surface area contributed by atoms with Gasteiger partial charge in [0.05, 0.1) is 5.75 Å². The van der Waals surface area contributed by atoms with Crippen LogP contribution < -0.4 is 10.0 Å². The molecule has 1 aromatic carbocycles. The standard InChI is InChI=1S/C16H22N2O2S2/c1-16(2,3)18-22(19,20)12-13-5-4-6-15(9-13)17-10-14-7-8-21-11-14/h4-9,11,17-18H,10,12H2,1-3H3. The zero-order chi connectivity index (χ0) is 16.2. The number of thiophene rings is 1. The van der Waals surface area contributed by atoms with Crippen molar-refractivity contribution in [1.82, 2.24) is 4.72 Å². The fourth-order valence-electron chi connectivity index (χ4n) is 2.09. The third-order valence-electron chi connectivity index (χ3n) is 2.82. The maximum atomic E-state index is 12.1. The van der Waals surface area contributed by atoms with Gasteiger partial charge in [-0.15, -0.1) is 0 Å². The van der Waals surface area contributed by atoms with Crippen molar-refractivity contribution in [2.45, 2.75) is 38.6 Å². The molecule has 1 heterocycles. The second-order valence-electron chi connectivity index (χ2n) is 6.30. The van der Waals surface area contributed by atoms with E-state index in [4.69, 9.17) is 0 Å². The van der Waals surface area contributed by atoms with Gasteiger partial charge in [0, 0.05) is 17.8 Å². The molecular weight excluding hydrogens is 316 g/mol. The van der Waals surface area contributed by atoms with Crippen LogP contribution in [0.4, 0.5) is 5.69 Å². The molecule has 0 saturated carbocycles. The Bertz CT molecular complexity index is 702. The monoisotopic (exact) mass is 338 g/mol. The number of sulfonamides is 1. The van der Waals surface area contributed by atoms with Gasteiger partial charge in [0.15, 0.2) is 0 Å². The number of benzene rings is 1. The van der Waals surface area contributed by atoms with Gasteiger partial charge in [0.1, 0.15) is 0 Å². The molecule has 0 fully saturated rings. The molecule has 0 amide bonds. The smallest absolute Gasteiger partial charge is 0.216 e. The zero-order valence-electron chi connectivity index (χ0n) is 13.1. The largest absolute Gasteiger partial charge is 0.381 e. The first kappa shape index (κ1) is 17.0. The van der Waals surface area contributed by atoms with Crippen LogP contribution in [0.2, 0.25) is 0 Å². The van der Waals surface area contributed by atoms with E-state index < -0.39 is 15.6 Å². The average molecular weight is 338 g/mol. The number of rotatable bonds is 6. The van der Waals surface area contributed by atoms with Crippen LogP contribution in [0.1, 0.15) is 31.9 Å². The molecule has 2 N–H and O–H groups in total. The van der Waals surface area contributed by atoms with Crippen molar-refractivity contribution >= 4 is 27.0 Å². The van der Waals surface area contributed by atoms with Crippen LogP contribution in [-0.2, 0) is 22.3 Å². The average Bonchev–Trinajstić information content (AvgIpc) is 2.86. The van der Waals surface area contributed by atoms with Crippen LogP contribution in [0.25, 0.3) is 0 Å². The Hall–Kier alpha value is -1.37. The number of anilines is 1. The summed E-state index contributed by atoms with van der Waals surface area (Å²) >= 11 is 1.66. The molecule has 0 aliphatic rings. The highest BCUT2D eigenvalue weighted by molar-refractivity contribution is 7.88. The molecule has 6 heteroatoms. The molecule has 0 saturated heterocycles. The summed E-state index contributed by atoms with van der Waals surface area (Å²) in [7, 11) is -3.34. The molecular formula is C16H22N2O2S2. The predicted molar refractivity (Wildman–Crippen MR) is 93.6 cm³/mol. The Morgan fingerprint density at radius 2 is 1.91 bits per heavy atom. The molecule has 4 nitrogen and oxygen atoms in total. The second-order valence-corrected chi connectivity index (χ2v) is 8.80. The lowest BCUT2D eigenvalue weighted by atomic mass is 10.1. The molecule has 0 atom stereocenters. The van der Waals surface area contributed by atoms with E-state index in [1.54, 1.807) is 11.3 Å². The van der Waals surface area contributed by atoms with Gasteiger partial charge in [0.25, 0.3) is 0 Å². The van der Waals surface area contributed by atoms with Crippen LogP contribution in [0.5, 0.6) is 0 Å². The molecule has 22 heavy (non-hydrogen) atoms. The number of hydrogen-bond donors (Lipinski definition) is 2. The SMILES string of the molecule is CC(C)(C)NS(=O)(=O)Cc1cccc(NCc2ccsc2)c1. The van der Waals surface area contributed by atoms with Gasteiger partial charge in [-0.1, -0.05) is 12.1 Å². The molecule has 0 bridgehead atoms. The minimum atomic E-state index is -3.34. The first-order valence-electron chi connectivity index (χ1n) is 7.09. The van der Waals surface area contributed by atoms with E-state index in [0.717, 1.165) is 17.8 Å². The highest BCUT2D eigenvalue weighted by atomic mass is 32.2. The van der Waals surface area contributed by atoms with Gasteiger partial charge in [-0.25, -0.2) is 13.1 Å². The predicted octanol–water partition coefficient (Wildman–Crippen LogP) is 3.58. The molecule has 2 aromatic rings. The molecule has 1 aromatic heterocycles. The molecule has 0 unspecified atom stereocenters. The minimum Gasteiger partial charge on any atom is -0.381 e. The summed E-state index contributed by atoms with van der Waals surface area (Å²) in [5.41, 5.74) is 2.45. The van der Waals surface area contributed by atoms with Crippen molar-refractivity contribution in [3.05, 3.63) is 52.2 Å². The lowest BCUT2D eigenvalue weighted by Crippen LogP contribution is -2.41. The zero-order valence-corrected chi connectivity index (χ0v) is 14.7. The van der Waals surface area contributed by atoms with Crippen molar-refractivity contribution in [1.29, 1.82) is 0 Å². The Kier molecular flexibility index (Phi) is 5.26. The molecule has 2 rings (SSSR count). The Morgan fingerprint density at radius 1 is 1.14 bits per heavy atom. The van der Waals surface area contributed by atoms with Crippen molar-refractivity contribution in [2.24, 2.45) is 0 Å². The summed E-state index contributed by atoms with van der Waals surface area (Å²) in [4.78, 5) is 0. The van der Waals surface area contributed by atoms with E-state index in [2.05, 4.69) is 21.5 Å². The topological polar surface area (TPSA) is 58.2 Å². The third kappa shape index (κ3) is 5.79. The summed E-state index contributed by atoms with van der Waals surface area (Å²) in [6.07, 6.45) is 0. The molecule has 0 aliphatic heterocycles. The fourth-order valence-corrected chi connectivity index (χ4v) is 4.38. The maximum Gasteiger partial charge on any atom is 0.216 e. The van der Waals surface area contributed by atoms with Crippen molar-refractivity contribution < 1.29 is 8.42 Å². The highest BCUT2D eigenvalue weighted by Gasteiger charge is 2.20. The van der Waals surface area contributed by atoms with E-state index in [1.807, 2.05) is 50.4 Å². The van der Waals surface area contributed by atoms with Gasteiger partial charge in [-0.3, -0.25) is 0 Å². The maximum absolute atomic E-state index is 12.1. The van der Waals surface area contributed by atoms with E-state index in [9.17, 15) is 8.42 Å². The van der Waals surface area contributed by atoms with Crippen molar-refractivity contribution in [3.8, 4) is 0 Å². The van der Waals surface area contributed by atoms with Crippen LogP contribution >= 0.6 is 11.3 Å². The first-order valence-corrected chi connectivity index (χ1v) is 9.69. The lowest BCUT2D eigenvalue weighted by Gasteiger charge is -2.20. The lowest BCUT2D eigenvalue weighted by molar-refractivity contribution is 0.491. The van der Waals surface area contributed by atoms with Gasteiger partial charge in [-0.2, -0.15) is 11.3 Å². The van der Waals surface area contributed by atoms with Gasteiger partial charge < -0.3 is 5.32 Å². The Balaban J connectivity index is 2.02. The van der Waals surface area contributed by atoms with Crippen molar-refractivity contribution in [2.75, 3.05) is 5.32 Å². The number of hydrogen-bond acceptors (Lipinski definition) is 4. The van der Waals surface area contributed by atoms with Crippen LogP contribution in [0.3, 0.4) is 0 Å². The summed E-state index contributed by atoms with van der Waals surface area (Å²) < 4.78 is 27.0. The molecule has 0 spiro atoms. The van der Waals surface area contributed by atoms with Crippen LogP contribution in [-0.4, -0.2) is 14.0 Å². The highest BCUT2D eigenvalue weighted by Crippen LogP contribution is 2.16. The molecule has 120 valence electrons. The Labute approximate surface area is 136 Å². The van der Waals surface area contributed by atoms with Crippen LogP contribution in [0.15, 0.2) is 41.1 Å². The molecule has 0 radical (unpaired) electrons. The summed E-state index contributed by atoms with van der Waals surface area (Å²) in [6, 6.07) is 9.60. The van der Waals surface area contributed by atoms with Gasteiger partial charge in [0.2, 0.25) is 10.0 Å². The minimum absolute atomic E-state index is 0.0156. The summed E-state index contributed by atoms with van der Waals surface area (Å²) in [6.45, 7) is 6.25. The summed E-state index contributed by atoms with van der Waals surface area (Å²) in [5.74, 6) is -0.0156. The van der Waals surface area contributed by atoms with Crippen LogP contribution in [0, 0.1) is 0 Å². The quantitative estimate of drug-likeness (QED) is 0.846. The van der Waals surface area contributed by atoms with Gasteiger partial charge >= 0.3 is 0 Å². The van der Waals surface area contributed by atoms with E-state index in [1.165, 1.54) is 5.56 Å². The third-order valence-corrected chi connectivity index (χ3v) is 5.19. The van der Waals surface area contributed by atoms with E-state index in [0.29, 0.717) is 0 Å². The van der Waals surface area contributed by atoms with Crippen molar-refractivity contribution in [3.63, 3.8) is 0 Å². The summed E-state index contributed by atoms with van der Waals surface area (Å²) in [5, 5.41) is 7.44. The van der Waals surface area contributed by atoms with Gasteiger partial charge in [-0.05, 0) is 60.9 Å². The second kappa shape index (κ2) is 6.81. The number of nitrogens with one attached hydrogen (secondary N) is 2. The normalized spacial score (nSPS) is 12.3. The van der Waals surface area contributed by atoms with E-state index in [-0.39, 0.29) is 5.75 Å². The van der Waals surface area contributed by atoms with E-state index >= 15 is 0 Å². The Morgan fingerprint density at radius 3 is 2.55 bits per heavy atom. The fraction of sp³-hybridized carbons (Fsp3) is 0.375. The first-order chi connectivity index (χ1) is 10.2.